The highest BCUT2D eigenvalue weighted by Gasteiger charge is 2.34. The van der Waals surface area contributed by atoms with Gasteiger partial charge >= 0.3 is 6.18 Å². The van der Waals surface area contributed by atoms with Gasteiger partial charge in [-0.25, -0.2) is 0 Å². The number of aliphatic imine (C=N–C) groups is 1. The number of hydrogen-bond acceptors (Lipinski definition) is 4. The highest BCUT2D eigenvalue weighted by Crippen LogP contribution is 2.22. The predicted molar refractivity (Wildman–Crippen MR) is 118 cm³/mol. The number of methoxy groups -OCH3 is 1. The van der Waals surface area contributed by atoms with E-state index < -0.39 is 12.7 Å². The maximum atomic E-state index is 12.5. The average molecular weight is 530 g/mol. The molecule has 0 aliphatic carbocycles. The summed E-state index contributed by atoms with van der Waals surface area (Å²) >= 11 is 0. The molecule has 2 unspecified atom stereocenters. The molecule has 1 aromatic carbocycles. The molecular formula is C19H30F3IN4O2. The van der Waals surface area contributed by atoms with Crippen molar-refractivity contribution in [1.82, 2.24) is 15.5 Å². The first-order valence-electron chi connectivity index (χ1n) is 9.33. The van der Waals surface area contributed by atoms with Gasteiger partial charge in [-0.15, -0.1) is 24.0 Å². The van der Waals surface area contributed by atoms with Crippen LogP contribution in [0.3, 0.4) is 0 Å². The molecule has 1 fully saturated rings. The van der Waals surface area contributed by atoms with Crippen LogP contribution < -0.4 is 20.1 Å². The molecule has 29 heavy (non-hydrogen) atoms. The summed E-state index contributed by atoms with van der Waals surface area (Å²) in [5.41, 5.74) is 0. The van der Waals surface area contributed by atoms with Crippen LogP contribution in [0.25, 0.3) is 0 Å². The van der Waals surface area contributed by atoms with Gasteiger partial charge in [0.15, 0.2) is 5.96 Å². The molecule has 0 saturated carbocycles. The third-order valence-corrected chi connectivity index (χ3v) is 4.49. The summed E-state index contributed by atoms with van der Waals surface area (Å²) in [7, 11) is 3.26. The second kappa shape index (κ2) is 12.3. The molecular weight excluding hydrogens is 500 g/mol. The zero-order chi connectivity index (χ0) is 20.6. The van der Waals surface area contributed by atoms with Crippen LogP contribution in [-0.4, -0.2) is 70.0 Å². The molecule has 6 nitrogen and oxygen atoms in total. The zero-order valence-corrected chi connectivity index (χ0v) is 19.3. The van der Waals surface area contributed by atoms with Crippen LogP contribution in [0.15, 0.2) is 29.3 Å². The maximum absolute atomic E-state index is 12.5. The van der Waals surface area contributed by atoms with Crippen molar-refractivity contribution in [3.8, 4) is 11.5 Å². The van der Waals surface area contributed by atoms with E-state index in [1.165, 1.54) is 4.90 Å². The van der Waals surface area contributed by atoms with Crippen LogP contribution in [0.2, 0.25) is 0 Å². The van der Waals surface area contributed by atoms with E-state index in [2.05, 4.69) is 15.6 Å². The number of hydrogen-bond donors (Lipinski definition) is 2. The molecule has 0 aromatic heterocycles. The Labute approximate surface area is 187 Å². The number of guanidine groups is 1. The van der Waals surface area contributed by atoms with E-state index in [0.717, 1.165) is 12.2 Å². The van der Waals surface area contributed by atoms with Gasteiger partial charge in [-0.1, -0.05) is 6.07 Å². The minimum absolute atomic E-state index is 0. The van der Waals surface area contributed by atoms with E-state index in [1.54, 1.807) is 14.2 Å². The lowest BCUT2D eigenvalue weighted by atomic mass is 10.1. The van der Waals surface area contributed by atoms with Gasteiger partial charge in [0, 0.05) is 26.2 Å². The summed E-state index contributed by atoms with van der Waals surface area (Å²) in [5.74, 6) is 2.22. The smallest absolute Gasteiger partial charge is 0.401 e. The molecule has 1 aliphatic rings. The SMILES string of the molecule is CN=C(NCC1CCN(CC(F)(F)F)C1)NCC(C)Oc1cccc(OC)c1.I. The molecule has 0 amide bonds. The number of likely N-dealkylation sites (tertiary alicyclic amines) is 1. The molecule has 1 heterocycles. The van der Waals surface area contributed by atoms with E-state index in [9.17, 15) is 13.2 Å². The second-order valence-electron chi connectivity index (χ2n) is 6.95. The molecule has 0 bridgehead atoms. The number of alkyl halides is 3. The lowest BCUT2D eigenvalue weighted by molar-refractivity contribution is -0.143. The molecule has 1 aliphatic heterocycles. The van der Waals surface area contributed by atoms with Crippen LogP contribution in [0.1, 0.15) is 13.3 Å². The number of nitrogens with zero attached hydrogens (tertiary/aromatic N) is 2. The van der Waals surface area contributed by atoms with E-state index in [4.69, 9.17) is 9.47 Å². The Morgan fingerprint density at radius 3 is 2.69 bits per heavy atom. The Kier molecular flexibility index (Phi) is 10.9. The van der Waals surface area contributed by atoms with Crippen molar-refractivity contribution in [2.75, 3.05) is 46.9 Å². The number of halogens is 4. The standard InChI is InChI=1S/C19H29F3N4O2.HI/c1-14(28-17-6-4-5-16(9-17)27-3)10-24-18(23-2)25-11-15-7-8-26(12-15)13-19(20,21)22;/h4-6,9,14-15H,7-8,10-13H2,1-3H3,(H2,23,24,25);1H. The van der Waals surface area contributed by atoms with Crippen molar-refractivity contribution in [3.63, 3.8) is 0 Å². The minimum atomic E-state index is -4.14. The fraction of sp³-hybridized carbons (Fsp3) is 0.632. The molecule has 2 N–H and O–H groups in total. The van der Waals surface area contributed by atoms with Gasteiger partial charge in [-0.3, -0.25) is 9.89 Å². The van der Waals surface area contributed by atoms with Crippen molar-refractivity contribution in [2.24, 2.45) is 10.9 Å². The van der Waals surface area contributed by atoms with Crippen molar-refractivity contribution in [3.05, 3.63) is 24.3 Å². The maximum Gasteiger partial charge on any atom is 0.401 e. The fourth-order valence-corrected chi connectivity index (χ4v) is 3.13. The molecule has 2 atom stereocenters. The molecule has 1 aromatic rings. The minimum Gasteiger partial charge on any atom is -0.497 e. The van der Waals surface area contributed by atoms with Crippen LogP contribution in [-0.2, 0) is 0 Å². The molecule has 0 spiro atoms. The Morgan fingerprint density at radius 1 is 1.31 bits per heavy atom. The summed E-state index contributed by atoms with van der Waals surface area (Å²) in [5, 5.41) is 6.37. The Bertz CT molecular complexity index is 646. The summed E-state index contributed by atoms with van der Waals surface area (Å²) in [4.78, 5) is 5.61. The van der Waals surface area contributed by atoms with Crippen LogP contribution >= 0.6 is 24.0 Å². The first-order valence-corrected chi connectivity index (χ1v) is 9.33. The largest absolute Gasteiger partial charge is 0.497 e. The number of benzene rings is 1. The molecule has 2 rings (SSSR count). The third-order valence-electron chi connectivity index (χ3n) is 4.49. The molecule has 166 valence electrons. The van der Waals surface area contributed by atoms with Crippen molar-refractivity contribution in [1.29, 1.82) is 0 Å². The normalized spacial score (nSPS) is 18.7. The first-order chi connectivity index (χ1) is 13.3. The monoisotopic (exact) mass is 530 g/mol. The Balaban J connectivity index is 0.00000420. The van der Waals surface area contributed by atoms with Gasteiger partial charge in [0.2, 0.25) is 0 Å². The van der Waals surface area contributed by atoms with Crippen LogP contribution in [0.5, 0.6) is 11.5 Å². The van der Waals surface area contributed by atoms with Crippen molar-refractivity contribution in [2.45, 2.75) is 25.6 Å². The zero-order valence-electron chi connectivity index (χ0n) is 17.0. The number of ether oxygens (including phenoxy) is 2. The van der Waals surface area contributed by atoms with Gasteiger partial charge in [-0.2, -0.15) is 13.2 Å². The summed E-state index contributed by atoms with van der Waals surface area (Å²) < 4.78 is 48.4. The summed E-state index contributed by atoms with van der Waals surface area (Å²) in [6.45, 7) is 3.13. The third kappa shape index (κ3) is 9.75. The first kappa shape index (κ1) is 25.6. The summed E-state index contributed by atoms with van der Waals surface area (Å²) in [6, 6.07) is 7.38. The molecule has 10 heteroatoms. The van der Waals surface area contributed by atoms with E-state index in [1.807, 2.05) is 31.2 Å². The van der Waals surface area contributed by atoms with E-state index in [-0.39, 0.29) is 36.0 Å². The molecule has 0 radical (unpaired) electrons. The highest BCUT2D eigenvalue weighted by molar-refractivity contribution is 14.0. The number of nitrogens with one attached hydrogen (secondary N) is 2. The lowest BCUT2D eigenvalue weighted by Gasteiger charge is -2.20. The summed E-state index contributed by atoms with van der Waals surface area (Å²) in [6.07, 6.45) is -3.51. The van der Waals surface area contributed by atoms with E-state index >= 15 is 0 Å². The lowest BCUT2D eigenvalue weighted by Crippen LogP contribution is -2.43. The van der Waals surface area contributed by atoms with E-state index in [0.29, 0.717) is 37.9 Å². The quantitative estimate of drug-likeness (QED) is 0.308. The van der Waals surface area contributed by atoms with Gasteiger partial charge in [0.1, 0.15) is 17.6 Å². The Morgan fingerprint density at radius 2 is 2.03 bits per heavy atom. The van der Waals surface area contributed by atoms with Gasteiger partial charge in [-0.05, 0) is 37.9 Å². The van der Waals surface area contributed by atoms with Gasteiger partial charge in [0.25, 0.3) is 0 Å². The van der Waals surface area contributed by atoms with Crippen LogP contribution in [0.4, 0.5) is 13.2 Å². The number of rotatable bonds is 8. The Hall–Kier alpha value is -1.43. The van der Waals surface area contributed by atoms with Gasteiger partial charge in [0.05, 0.1) is 20.2 Å². The topological polar surface area (TPSA) is 58.1 Å². The predicted octanol–water partition coefficient (Wildman–Crippen LogP) is 3.13. The highest BCUT2D eigenvalue weighted by atomic mass is 127. The van der Waals surface area contributed by atoms with Crippen molar-refractivity contribution < 1.29 is 22.6 Å². The average Bonchev–Trinajstić information content (AvgIpc) is 3.07. The van der Waals surface area contributed by atoms with Crippen molar-refractivity contribution >= 4 is 29.9 Å². The molecule has 1 saturated heterocycles. The van der Waals surface area contributed by atoms with Crippen LogP contribution in [0, 0.1) is 5.92 Å². The fourth-order valence-electron chi connectivity index (χ4n) is 3.13. The van der Waals surface area contributed by atoms with Gasteiger partial charge < -0.3 is 20.1 Å². The second-order valence-corrected chi connectivity index (χ2v) is 6.95.